The molecule has 1 aliphatic heterocycles. The Bertz CT molecular complexity index is 198. The minimum absolute atomic E-state index is 0.142. The Balaban J connectivity index is 2.06. The van der Waals surface area contributed by atoms with Crippen LogP contribution >= 0.6 is 0 Å². The molecule has 1 saturated heterocycles. The summed E-state index contributed by atoms with van der Waals surface area (Å²) in [4.78, 5) is 13.7. The van der Waals surface area contributed by atoms with Crippen molar-refractivity contribution in [1.29, 1.82) is 0 Å². The van der Waals surface area contributed by atoms with Gasteiger partial charge in [-0.1, -0.05) is 33.1 Å². The van der Waals surface area contributed by atoms with Gasteiger partial charge < -0.3 is 10.2 Å². The number of unbranched alkanes of at least 4 members (excludes halogenated alkanes) is 3. The quantitative estimate of drug-likeness (QED) is 0.718. The number of carbonyl (C=O) groups is 1. The molecule has 1 N–H and O–H groups in total. The summed E-state index contributed by atoms with van der Waals surface area (Å²) in [6, 6.07) is 0.142. The number of nitrogens with one attached hydrogen (secondary N) is 1. The number of piperidine rings is 1. The van der Waals surface area contributed by atoms with E-state index in [0.717, 1.165) is 44.8 Å². The molecule has 0 saturated carbocycles. The van der Waals surface area contributed by atoms with Gasteiger partial charge in [0.2, 0.25) is 0 Å². The van der Waals surface area contributed by atoms with Crippen LogP contribution in [0.3, 0.4) is 0 Å². The zero-order chi connectivity index (χ0) is 11.8. The maximum atomic E-state index is 11.8. The van der Waals surface area contributed by atoms with Crippen LogP contribution in [0.4, 0.5) is 4.79 Å². The Hall–Kier alpha value is -0.730. The van der Waals surface area contributed by atoms with E-state index in [1.165, 1.54) is 19.3 Å². The molecule has 0 bridgehead atoms. The monoisotopic (exact) mass is 226 g/mol. The van der Waals surface area contributed by atoms with E-state index in [-0.39, 0.29) is 6.03 Å². The van der Waals surface area contributed by atoms with Crippen LogP contribution in [0.25, 0.3) is 0 Å². The predicted octanol–water partition coefficient (Wildman–Crippen LogP) is 3.01. The van der Waals surface area contributed by atoms with Crippen molar-refractivity contribution in [2.24, 2.45) is 5.92 Å². The summed E-state index contributed by atoms with van der Waals surface area (Å²) in [5.74, 6) is 0.786. The van der Waals surface area contributed by atoms with Gasteiger partial charge in [-0.3, -0.25) is 0 Å². The number of nitrogens with zero attached hydrogens (tertiary/aromatic N) is 1. The number of rotatable bonds is 5. The highest BCUT2D eigenvalue weighted by Crippen LogP contribution is 2.15. The molecule has 0 aromatic rings. The SMILES string of the molecule is CCCCCCNC(=O)N1CCC(C)CC1. The second kappa shape index (κ2) is 7.53. The normalized spacial score (nSPS) is 17.5. The third kappa shape index (κ3) is 4.86. The lowest BCUT2D eigenvalue weighted by Gasteiger charge is -2.30. The van der Waals surface area contributed by atoms with Gasteiger partial charge in [-0.05, 0) is 25.2 Å². The molecule has 0 spiro atoms. The third-order valence-corrected chi connectivity index (χ3v) is 3.38. The molecule has 2 amide bonds. The Morgan fingerprint density at radius 1 is 1.25 bits per heavy atom. The lowest BCUT2D eigenvalue weighted by atomic mass is 10.00. The standard InChI is InChI=1S/C13H26N2O/c1-3-4-5-6-9-14-13(16)15-10-7-12(2)8-11-15/h12H,3-11H2,1-2H3,(H,14,16). The first-order valence-electron chi connectivity index (χ1n) is 6.76. The van der Waals surface area contributed by atoms with Crippen LogP contribution in [0.15, 0.2) is 0 Å². The molecule has 1 heterocycles. The summed E-state index contributed by atoms with van der Waals surface area (Å²) in [7, 11) is 0. The van der Waals surface area contributed by atoms with E-state index in [0.29, 0.717) is 0 Å². The van der Waals surface area contributed by atoms with E-state index in [9.17, 15) is 4.79 Å². The maximum Gasteiger partial charge on any atom is 0.317 e. The molecule has 1 aliphatic rings. The average molecular weight is 226 g/mol. The van der Waals surface area contributed by atoms with Crippen LogP contribution in [0.1, 0.15) is 52.4 Å². The first-order chi connectivity index (χ1) is 7.74. The molecule has 94 valence electrons. The van der Waals surface area contributed by atoms with E-state index >= 15 is 0 Å². The number of carbonyl (C=O) groups excluding carboxylic acids is 1. The van der Waals surface area contributed by atoms with Crippen molar-refractivity contribution < 1.29 is 4.79 Å². The van der Waals surface area contributed by atoms with Gasteiger partial charge in [-0.15, -0.1) is 0 Å². The molecule has 0 aliphatic carbocycles. The average Bonchev–Trinajstić information content (AvgIpc) is 2.29. The number of amides is 2. The summed E-state index contributed by atoms with van der Waals surface area (Å²) < 4.78 is 0. The summed E-state index contributed by atoms with van der Waals surface area (Å²) in [5.41, 5.74) is 0. The molecule has 0 aromatic heterocycles. The summed E-state index contributed by atoms with van der Waals surface area (Å²) >= 11 is 0. The smallest absolute Gasteiger partial charge is 0.317 e. The fourth-order valence-electron chi connectivity index (χ4n) is 2.07. The van der Waals surface area contributed by atoms with Gasteiger partial charge in [0.1, 0.15) is 0 Å². The molecule has 0 aromatic carbocycles. The molecule has 0 unspecified atom stereocenters. The Morgan fingerprint density at radius 2 is 1.94 bits per heavy atom. The van der Waals surface area contributed by atoms with Crippen molar-refractivity contribution in [3.8, 4) is 0 Å². The van der Waals surface area contributed by atoms with Gasteiger partial charge >= 0.3 is 6.03 Å². The number of hydrogen-bond donors (Lipinski definition) is 1. The molecule has 3 nitrogen and oxygen atoms in total. The summed E-state index contributed by atoms with van der Waals surface area (Å²) in [5, 5.41) is 3.01. The first-order valence-corrected chi connectivity index (χ1v) is 6.76. The molecule has 0 atom stereocenters. The van der Waals surface area contributed by atoms with Crippen molar-refractivity contribution in [2.45, 2.75) is 52.4 Å². The molecule has 0 radical (unpaired) electrons. The predicted molar refractivity (Wildman–Crippen MR) is 67.5 cm³/mol. The number of likely N-dealkylation sites (tertiary alicyclic amines) is 1. The largest absolute Gasteiger partial charge is 0.338 e. The van der Waals surface area contributed by atoms with Gasteiger partial charge in [0.05, 0.1) is 0 Å². The van der Waals surface area contributed by atoms with Gasteiger partial charge in [-0.2, -0.15) is 0 Å². The molecule has 1 fully saturated rings. The van der Waals surface area contributed by atoms with Gasteiger partial charge in [0.15, 0.2) is 0 Å². The highest BCUT2D eigenvalue weighted by molar-refractivity contribution is 5.74. The fraction of sp³-hybridized carbons (Fsp3) is 0.923. The Morgan fingerprint density at radius 3 is 2.56 bits per heavy atom. The summed E-state index contributed by atoms with van der Waals surface area (Å²) in [6.07, 6.45) is 7.18. The van der Waals surface area contributed by atoms with Crippen molar-refractivity contribution >= 4 is 6.03 Å². The minimum Gasteiger partial charge on any atom is -0.338 e. The van der Waals surface area contributed by atoms with E-state index in [1.54, 1.807) is 0 Å². The second-order valence-corrected chi connectivity index (χ2v) is 4.96. The van der Waals surface area contributed by atoms with E-state index in [2.05, 4.69) is 19.2 Å². The van der Waals surface area contributed by atoms with E-state index < -0.39 is 0 Å². The Kier molecular flexibility index (Phi) is 6.27. The highest BCUT2D eigenvalue weighted by atomic mass is 16.2. The van der Waals surface area contributed by atoms with E-state index in [1.807, 2.05) is 4.90 Å². The first kappa shape index (κ1) is 13.3. The molecular weight excluding hydrogens is 200 g/mol. The number of urea groups is 1. The van der Waals surface area contributed by atoms with Crippen LogP contribution in [0.2, 0.25) is 0 Å². The van der Waals surface area contributed by atoms with Crippen LogP contribution in [0, 0.1) is 5.92 Å². The topological polar surface area (TPSA) is 32.3 Å². The van der Waals surface area contributed by atoms with Crippen molar-refractivity contribution in [2.75, 3.05) is 19.6 Å². The molecule has 1 rings (SSSR count). The van der Waals surface area contributed by atoms with E-state index in [4.69, 9.17) is 0 Å². The third-order valence-electron chi connectivity index (χ3n) is 3.38. The molecule has 3 heteroatoms. The van der Waals surface area contributed by atoms with Crippen LogP contribution in [-0.2, 0) is 0 Å². The minimum atomic E-state index is 0.142. The zero-order valence-corrected chi connectivity index (χ0v) is 10.8. The second-order valence-electron chi connectivity index (χ2n) is 4.96. The fourth-order valence-corrected chi connectivity index (χ4v) is 2.07. The van der Waals surface area contributed by atoms with Gasteiger partial charge in [-0.25, -0.2) is 4.79 Å². The zero-order valence-electron chi connectivity index (χ0n) is 10.8. The van der Waals surface area contributed by atoms with Crippen LogP contribution in [-0.4, -0.2) is 30.6 Å². The molecular formula is C13H26N2O. The number of hydrogen-bond acceptors (Lipinski definition) is 1. The summed E-state index contributed by atoms with van der Waals surface area (Å²) in [6.45, 7) is 7.17. The van der Waals surface area contributed by atoms with Crippen LogP contribution < -0.4 is 5.32 Å². The van der Waals surface area contributed by atoms with Crippen LogP contribution in [0.5, 0.6) is 0 Å². The highest BCUT2D eigenvalue weighted by Gasteiger charge is 2.19. The van der Waals surface area contributed by atoms with Gasteiger partial charge in [0, 0.05) is 19.6 Å². The molecule has 16 heavy (non-hydrogen) atoms. The lowest BCUT2D eigenvalue weighted by molar-refractivity contribution is 0.174. The van der Waals surface area contributed by atoms with Gasteiger partial charge in [0.25, 0.3) is 0 Å². The maximum absolute atomic E-state index is 11.8. The van der Waals surface area contributed by atoms with Crippen molar-refractivity contribution in [3.05, 3.63) is 0 Å². The van der Waals surface area contributed by atoms with Crippen molar-refractivity contribution in [1.82, 2.24) is 10.2 Å². The Labute approximate surface area is 99.6 Å². The van der Waals surface area contributed by atoms with Crippen molar-refractivity contribution in [3.63, 3.8) is 0 Å². The lowest BCUT2D eigenvalue weighted by Crippen LogP contribution is -2.44.